The summed E-state index contributed by atoms with van der Waals surface area (Å²) in [5.41, 5.74) is 0. The molecule has 2 nitrogen and oxygen atoms in total. The van der Waals surface area contributed by atoms with Gasteiger partial charge in [-0.25, -0.2) is 0 Å². The Balaban J connectivity index is 5.18. The summed E-state index contributed by atoms with van der Waals surface area (Å²) in [6.07, 6.45) is 13.3. The standard InChI is InChI=1S/C20H39O2P/c1-6-10-12-19(8-3)16-23(22,18(5)14-15-21)17-20(9-4)13-11-7-2/h14-15,19-20H,6-13,16-17H2,1-5H3. The first-order valence-corrected chi connectivity index (χ1v) is 11.8. The number of carbonyl (C=O) groups excluding carboxylic acids is 1. The average molecular weight is 343 g/mol. The fraction of sp³-hybridized carbons (Fsp3) is 0.850. The summed E-state index contributed by atoms with van der Waals surface area (Å²) in [5.74, 6) is 1.05. The fourth-order valence-electron chi connectivity index (χ4n) is 3.27. The summed E-state index contributed by atoms with van der Waals surface area (Å²) in [4.78, 5) is 10.9. The van der Waals surface area contributed by atoms with Crippen LogP contribution in [0.25, 0.3) is 0 Å². The molecule has 23 heavy (non-hydrogen) atoms. The number of hydrogen-bond acceptors (Lipinski definition) is 2. The maximum atomic E-state index is 13.7. The van der Waals surface area contributed by atoms with E-state index < -0.39 is 7.14 Å². The molecule has 0 aromatic heterocycles. The first kappa shape index (κ1) is 22.6. The molecule has 0 saturated heterocycles. The Labute approximate surface area is 144 Å². The quantitative estimate of drug-likeness (QED) is 0.196. The highest BCUT2D eigenvalue weighted by atomic mass is 31.2. The number of allylic oxidation sites excluding steroid dienone is 2. The fourth-order valence-corrected chi connectivity index (χ4v) is 6.87. The molecule has 0 radical (unpaired) electrons. The highest BCUT2D eigenvalue weighted by Gasteiger charge is 2.30. The van der Waals surface area contributed by atoms with Crippen LogP contribution < -0.4 is 0 Å². The Morgan fingerprint density at radius 2 is 1.35 bits per heavy atom. The van der Waals surface area contributed by atoms with Crippen molar-refractivity contribution < 1.29 is 9.36 Å². The number of rotatable bonds is 14. The van der Waals surface area contributed by atoms with Gasteiger partial charge in [-0.1, -0.05) is 79.1 Å². The van der Waals surface area contributed by atoms with Crippen LogP contribution in [0.4, 0.5) is 0 Å². The summed E-state index contributed by atoms with van der Waals surface area (Å²) < 4.78 is 13.7. The zero-order chi connectivity index (χ0) is 17.7. The van der Waals surface area contributed by atoms with E-state index in [9.17, 15) is 9.36 Å². The highest BCUT2D eigenvalue weighted by molar-refractivity contribution is 7.68. The van der Waals surface area contributed by atoms with Crippen LogP contribution in [-0.2, 0) is 9.36 Å². The summed E-state index contributed by atoms with van der Waals surface area (Å²) in [5, 5.41) is 0.845. The molecule has 0 spiro atoms. The Kier molecular flexibility index (Phi) is 12.8. The third-order valence-corrected chi connectivity index (χ3v) is 8.79. The minimum atomic E-state index is -2.42. The van der Waals surface area contributed by atoms with Gasteiger partial charge >= 0.3 is 0 Å². The third kappa shape index (κ3) is 8.89. The maximum absolute atomic E-state index is 13.7. The molecule has 2 unspecified atom stereocenters. The first-order valence-electron chi connectivity index (χ1n) is 9.67. The molecule has 3 heteroatoms. The summed E-state index contributed by atoms with van der Waals surface area (Å²) in [6, 6.07) is 0. The van der Waals surface area contributed by atoms with Gasteiger partial charge in [-0.3, -0.25) is 4.79 Å². The van der Waals surface area contributed by atoms with Gasteiger partial charge in [-0.2, -0.15) is 0 Å². The van der Waals surface area contributed by atoms with E-state index in [2.05, 4.69) is 27.7 Å². The Bertz CT molecular complexity index is 365. The largest absolute Gasteiger partial charge is 0.319 e. The van der Waals surface area contributed by atoms with Crippen molar-refractivity contribution in [2.24, 2.45) is 11.8 Å². The topological polar surface area (TPSA) is 34.1 Å². The number of aldehydes is 1. The van der Waals surface area contributed by atoms with Crippen molar-refractivity contribution >= 4 is 13.4 Å². The van der Waals surface area contributed by atoms with Crippen molar-refractivity contribution in [2.45, 2.75) is 86.0 Å². The molecular weight excluding hydrogens is 303 g/mol. The number of carbonyl (C=O) groups is 1. The van der Waals surface area contributed by atoms with Crippen molar-refractivity contribution in [3.05, 3.63) is 11.4 Å². The Hall–Kier alpha value is -0.360. The van der Waals surface area contributed by atoms with Crippen LogP contribution >= 0.6 is 7.14 Å². The molecule has 0 heterocycles. The number of hydrogen-bond donors (Lipinski definition) is 0. The van der Waals surface area contributed by atoms with Crippen molar-refractivity contribution in [3.63, 3.8) is 0 Å². The lowest BCUT2D eigenvalue weighted by Crippen LogP contribution is -2.14. The molecule has 0 aromatic carbocycles. The van der Waals surface area contributed by atoms with Crippen LogP contribution in [-0.4, -0.2) is 18.6 Å². The van der Waals surface area contributed by atoms with Gasteiger partial charge in [0, 0.05) is 12.3 Å². The molecule has 0 amide bonds. The monoisotopic (exact) mass is 342 g/mol. The van der Waals surface area contributed by atoms with Crippen LogP contribution in [0.3, 0.4) is 0 Å². The van der Waals surface area contributed by atoms with Crippen molar-refractivity contribution in [1.29, 1.82) is 0 Å². The summed E-state index contributed by atoms with van der Waals surface area (Å²) >= 11 is 0. The lowest BCUT2D eigenvalue weighted by Gasteiger charge is -2.28. The van der Waals surface area contributed by atoms with Crippen LogP contribution in [0.5, 0.6) is 0 Å². The van der Waals surface area contributed by atoms with Gasteiger partial charge in [0.15, 0.2) is 0 Å². The van der Waals surface area contributed by atoms with Gasteiger partial charge in [-0.15, -0.1) is 0 Å². The molecule has 2 atom stereocenters. The molecule has 0 aliphatic rings. The van der Waals surface area contributed by atoms with E-state index in [0.29, 0.717) is 11.8 Å². The van der Waals surface area contributed by atoms with E-state index in [4.69, 9.17) is 0 Å². The van der Waals surface area contributed by atoms with E-state index in [1.54, 1.807) is 6.08 Å². The molecule has 136 valence electrons. The average Bonchev–Trinajstić information content (AvgIpc) is 2.55. The second kappa shape index (κ2) is 13.0. The second-order valence-corrected chi connectivity index (χ2v) is 10.2. The summed E-state index contributed by atoms with van der Waals surface area (Å²) in [6.45, 7) is 10.7. The molecular formula is C20H39O2P. The lowest BCUT2D eigenvalue weighted by atomic mass is 10.0. The molecule has 0 aliphatic carbocycles. The van der Waals surface area contributed by atoms with E-state index >= 15 is 0 Å². The highest BCUT2D eigenvalue weighted by Crippen LogP contribution is 2.57. The zero-order valence-corrected chi connectivity index (χ0v) is 17.0. The van der Waals surface area contributed by atoms with Gasteiger partial charge < -0.3 is 4.57 Å². The normalized spacial score (nSPS) is 17.5. The molecule has 0 N–H and O–H groups in total. The van der Waals surface area contributed by atoms with Gasteiger partial charge in [0.1, 0.15) is 13.4 Å². The zero-order valence-electron chi connectivity index (χ0n) is 16.1. The van der Waals surface area contributed by atoms with Crippen LogP contribution in [0.1, 0.15) is 86.0 Å². The van der Waals surface area contributed by atoms with E-state index in [1.165, 1.54) is 25.7 Å². The molecule has 0 rings (SSSR count). The molecule has 0 aromatic rings. The van der Waals surface area contributed by atoms with Gasteiger partial charge in [-0.05, 0) is 30.1 Å². The van der Waals surface area contributed by atoms with Gasteiger partial charge in [0.2, 0.25) is 0 Å². The van der Waals surface area contributed by atoms with E-state index in [1.807, 2.05) is 6.92 Å². The SMILES string of the molecule is CCCCC(CC)CP(=O)(CC(CC)CCCC)C(C)=CC=O. The first-order chi connectivity index (χ1) is 11.0. The minimum Gasteiger partial charge on any atom is -0.319 e. The van der Waals surface area contributed by atoms with E-state index in [0.717, 1.165) is 49.6 Å². The van der Waals surface area contributed by atoms with Crippen molar-refractivity contribution in [3.8, 4) is 0 Å². The predicted molar refractivity (Wildman–Crippen MR) is 104 cm³/mol. The van der Waals surface area contributed by atoms with Crippen LogP contribution in [0.2, 0.25) is 0 Å². The molecule has 0 bridgehead atoms. The van der Waals surface area contributed by atoms with E-state index in [-0.39, 0.29) is 0 Å². The Morgan fingerprint density at radius 1 is 0.913 bits per heavy atom. The van der Waals surface area contributed by atoms with Crippen LogP contribution in [0, 0.1) is 11.8 Å². The predicted octanol–water partition coefficient (Wildman–Crippen LogP) is 6.89. The van der Waals surface area contributed by atoms with Gasteiger partial charge in [0.05, 0.1) is 0 Å². The van der Waals surface area contributed by atoms with Crippen molar-refractivity contribution in [1.82, 2.24) is 0 Å². The van der Waals surface area contributed by atoms with Gasteiger partial charge in [0.25, 0.3) is 0 Å². The third-order valence-electron chi connectivity index (χ3n) is 5.14. The second-order valence-electron chi connectivity index (χ2n) is 7.03. The molecule has 0 aliphatic heterocycles. The van der Waals surface area contributed by atoms with Crippen molar-refractivity contribution in [2.75, 3.05) is 12.3 Å². The molecule has 0 saturated carbocycles. The minimum absolute atomic E-state index is 0.527. The lowest BCUT2D eigenvalue weighted by molar-refractivity contribution is -0.104. The number of unbranched alkanes of at least 4 members (excludes halogenated alkanes) is 2. The van der Waals surface area contributed by atoms with Crippen LogP contribution in [0.15, 0.2) is 11.4 Å². The maximum Gasteiger partial charge on any atom is 0.143 e. The smallest absolute Gasteiger partial charge is 0.143 e. The molecule has 0 fully saturated rings. The Morgan fingerprint density at radius 3 is 1.65 bits per heavy atom. The summed E-state index contributed by atoms with van der Waals surface area (Å²) in [7, 11) is -2.42.